The molecule has 0 radical (unpaired) electrons. The van der Waals surface area contributed by atoms with Gasteiger partial charge in [-0.15, -0.1) is 11.8 Å². The molecule has 0 unspecified atom stereocenters. The standard InChI is InChI=1S/C17H14F2N2O5S/c1-10(27-13-5-3-12(4-6-13)21(24)25)17(23)26-9-16(22)20-11-2-7-14(18)15(19)8-11/h2-8,10H,9H2,1H3,(H,20,22)/t10-/m1/s1. The van der Waals surface area contributed by atoms with Crippen molar-refractivity contribution < 1.29 is 28.0 Å². The molecule has 7 nitrogen and oxygen atoms in total. The molecule has 0 aliphatic heterocycles. The fourth-order valence-corrected chi connectivity index (χ4v) is 2.79. The molecular formula is C17H14F2N2O5S. The lowest BCUT2D eigenvalue weighted by atomic mass is 10.3. The highest BCUT2D eigenvalue weighted by atomic mass is 32.2. The van der Waals surface area contributed by atoms with Crippen LogP contribution in [0.25, 0.3) is 0 Å². The second kappa shape index (κ2) is 9.08. The first-order valence-corrected chi connectivity index (χ1v) is 8.47. The van der Waals surface area contributed by atoms with Crippen LogP contribution in [0.3, 0.4) is 0 Å². The van der Waals surface area contributed by atoms with Gasteiger partial charge in [0.15, 0.2) is 18.2 Å². The summed E-state index contributed by atoms with van der Waals surface area (Å²) in [6.07, 6.45) is 0. The number of nitrogens with one attached hydrogen (secondary N) is 1. The van der Waals surface area contributed by atoms with Crippen molar-refractivity contribution in [3.8, 4) is 0 Å². The van der Waals surface area contributed by atoms with Crippen LogP contribution in [-0.2, 0) is 14.3 Å². The van der Waals surface area contributed by atoms with Gasteiger partial charge in [-0.05, 0) is 31.2 Å². The van der Waals surface area contributed by atoms with Crippen LogP contribution >= 0.6 is 11.8 Å². The average Bonchev–Trinajstić information content (AvgIpc) is 2.63. The lowest BCUT2D eigenvalue weighted by Crippen LogP contribution is -2.24. The molecule has 2 aromatic rings. The number of halogens is 2. The fourth-order valence-electron chi connectivity index (χ4n) is 1.92. The second-order valence-corrected chi connectivity index (χ2v) is 6.71. The third kappa shape index (κ3) is 6.03. The van der Waals surface area contributed by atoms with Crippen LogP contribution in [0.15, 0.2) is 47.4 Å². The smallest absolute Gasteiger partial charge is 0.319 e. The fraction of sp³-hybridized carbons (Fsp3) is 0.176. The van der Waals surface area contributed by atoms with E-state index >= 15 is 0 Å². The van der Waals surface area contributed by atoms with Crippen molar-refractivity contribution in [2.45, 2.75) is 17.1 Å². The number of rotatable bonds is 7. The molecule has 0 aromatic heterocycles. The second-order valence-electron chi connectivity index (χ2n) is 5.30. The Hall–Kier alpha value is -3.01. The van der Waals surface area contributed by atoms with Gasteiger partial charge in [0.2, 0.25) is 0 Å². The monoisotopic (exact) mass is 396 g/mol. The molecule has 0 aliphatic rings. The summed E-state index contributed by atoms with van der Waals surface area (Å²) in [5.74, 6) is -3.53. The number of nitro benzene ring substituents is 1. The van der Waals surface area contributed by atoms with Gasteiger partial charge in [0, 0.05) is 28.8 Å². The minimum Gasteiger partial charge on any atom is -0.455 e. The van der Waals surface area contributed by atoms with E-state index in [2.05, 4.69) is 5.32 Å². The third-order valence-corrected chi connectivity index (χ3v) is 4.33. The van der Waals surface area contributed by atoms with Gasteiger partial charge in [0.25, 0.3) is 11.6 Å². The molecule has 0 saturated carbocycles. The van der Waals surface area contributed by atoms with Crippen molar-refractivity contribution in [2.75, 3.05) is 11.9 Å². The zero-order valence-electron chi connectivity index (χ0n) is 14.0. The van der Waals surface area contributed by atoms with Gasteiger partial charge in [0.05, 0.1) is 4.92 Å². The molecule has 27 heavy (non-hydrogen) atoms. The number of esters is 1. The van der Waals surface area contributed by atoms with Gasteiger partial charge in [0.1, 0.15) is 5.25 Å². The van der Waals surface area contributed by atoms with Crippen molar-refractivity contribution in [1.29, 1.82) is 0 Å². The number of benzene rings is 2. The van der Waals surface area contributed by atoms with E-state index in [-0.39, 0.29) is 11.4 Å². The predicted octanol–water partition coefficient (Wildman–Crippen LogP) is 3.54. The van der Waals surface area contributed by atoms with E-state index in [9.17, 15) is 28.5 Å². The molecule has 142 valence electrons. The first-order valence-electron chi connectivity index (χ1n) is 7.59. The molecule has 2 aromatic carbocycles. The molecule has 0 spiro atoms. The lowest BCUT2D eigenvalue weighted by molar-refractivity contribution is -0.384. The maximum Gasteiger partial charge on any atom is 0.319 e. The number of hydrogen-bond donors (Lipinski definition) is 1. The van der Waals surface area contributed by atoms with E-state index in [1.807, 2.05) is 0 Å². The van der Waals surface area contributed by atoms with Gasteiger partial charge in [-0.1, -0.05) is 0 Å². The highest BCUT2D eigenvalue weighted by molar-refractivity contribution is 8.00. The van der Waals surface area contributed by atoms with Crippen LogP contribution < -0.4 is 5.32 Å². The highest BCUT2D eigenvalue weighted by Gasteiger charge is 2.18. The first-order chi connectivity index (χ1) is 12.8. The summed E-state index contributed by atoms with van der Waals surface area (Å²) in [5.41, 5.74) is -0.0354. The van der Waals surface area contributed by atoms with Gasteiger partial charge in [-0.3, -0.25) is 19.7 Å². The van der Waals surface area contributed by atoms with Crippen LogP contribution in [0.5, 0.6) is 0 Å². The van der Waals surface area contributed by atoms with Crippen molar-refractivity contribution >= 4 is 35.0 Å². The van der Waals surface area contributed by atoms with Crippen LogP contribution in [-0.4, -0.2) is 28.7 Å². The zero-order valence-corrected chi connectivity index (χ0v) is 14.8. The van der Waals surface area contributed by atoms with E-state index in [1.165, 1.54) is 30.3 Å². The topological polar surface area (TPSA) is 98.5 Å². The van der Waals surface area contributed by atoms with Crippen LogP contribution in [0.2, 0.25) is 0 Å². The number of nitro groups is 1. The van der Waals surface area contributed by atoms with Gasteiger partial charge in [-0.2, -0.15) is 0 Å². The van der Waals surface area contributed by atoms with E-state index in [1.54, 1.807) is 6.92 Å². The number of ether oxygens (including phenoxy) is 1. The Balaban J connectivity index is 1.82. The lowest BCUT2D eigenvalue weighted by Gasteiger charge is -2.11. The van der Waals surface area contributed by atoms with Gasteiger partial charge < -0.3 is 10.1 Å². The molecule has 2 rings (SSSR count). The molecule has 10 heteroatoms. The quantitative estimate of drug-likeness (QED) is 0.333. The Labute approximate surface area is 156 Å². The summed E-state index contributed by atoms with van der Waals surface area (Å²) in [6, 6.07) is 8.48. The molecule has 0 saturated heterocycles. The number of non-ortho nitro benzene ring substituents is 1. The van der Waals surface area contributed by atoms with Crippen molar-refractivity contribution in [3.63, 3.8) is 0 Å². The van der Waals surface area contributed by atoms with Crippen molar-refractivity contribution in [3.05, 3.63) is 64.2 Å². The maximum absolute atomic E-state index is 13.1. The maximum atomic E-state index is 13.1. The summed E-state index contributed by atoms with van der Waals surface area (Å²) in [6.45, 7) is 0.963. The summed E-state index contributed by atoms with van der Waals surface area (Å²) >= 11 is 1.11. The van der Waals surface area contributed by atoms with Crippen LogP contribution in [0.1, 0.15) is 6.92 Å². The molecule has 1 atom stereocenters. The van der Waals surface area contributed by atoms with Crippen molar-refractivity contribution in [2.24, 2.45) is 0 Å². The normalized spacial score (nSPS) is 11.5. The van der Waals surface area contributed by atoms with Crippen LogP contribution in [0.4, 0.5) is 20.2 Å². The first kappa shape index (κ1) is 20.3. The summed E-state index contributed by atoms with van der Waals surface area (Å²) in [4.78, 5) is 34.4. The number of nitrogens with zero attached hydrogens (tertiary/aromatic N) is 1. The number of thioether (sulfide) groups is 1. The number of carbonyl (C=O) groups is 2. The Bertz CT molecular complexity index is 861. The largest absolute Gasteiger partial charge is 0.455 e. The van der Waals surface area contributed by atoms with E-state index in [0.29, 0.717) is 4.90 Å². The summed E-state index contributed by atoms with van der Waals surface area (Å²) in [7, 11) is 0. The Morgan fingerprint density at radius 1 is 1.19 bits per heavy atom. The third-order valence-electron chi connectivity index (χ3n) is 3.24. The Morgan fingerprint density at radius 2 is 1.85 bits per heavy atom. The molecule has 0 aliphatic carbocycles. The van der Waals surface area contributed by atoms with Crippen LogP contribution in [0, 0.1) is 21.7 Å². The Kier molecular flexibility index (Phi) is 6.83. The predicted molar refractivity (Wildman–Crippen MR) is 94.4 cm³/mol. The number of amides is 1. The molecule has 1 amide bonds. The number of carbonyl (C=O) groups excluding carboxylic acids is 2. The molecule has 1 N–H and O–H groups in total. The summed E-state index contributed by atoms with van der Waals surface area (Å²) < 4.78 is 30.8. The number of hydrogen-bond acceptors (Lipinski definition) is 6. The SMILES string of the molecule is C[C@@H](Sc1ccc([N+](=O)[O-])cc1)C(=O)OCC(=O)Nc1ccc(F)c(F)c1. The molecule has 0 bridgehead atoms. The highest BCUT2D eigenvalue weighted by Crippen LogP contribution is 2.26. The van der Waals surface area contributed by atoms with Gasteiger partial charge in [-0.25, -0.2) is 8.78 Å². The Morgan fingerprint density at radius 3 is 2.44 bits per heavy atom. The minimum atomic E-state index is -1.11. The minimum absolute atomic E-state index is 0.0308. The molecular weight excluding hydrogens is 382 g/mol. The van der Waals surface area contributed by atoms with E-state index in [4.69, 9.17) is 4.74 Å². The zero-order chi connectivity index (χ0) is 20.0. The van der Waals surface area contributed by atoms with Crippen molar-refractivity contribution in [1.82, 2.24) is 0 Å². The van der Waals surface area contributed by atoms with E-state index < -0.39 is 40.3 Å². The average molecular weight is 396 g/mol. The molecule has 0 fully saturated rings. The summed E-state index contributed by atoms with van der Waals surface area (Å²) in [5, 5.41) is 12.2. The number of anilines is 1. The van der Waals surface area contributed by atoms with Gasteiger partial charge >= 0.3 is 5.97 Å². The van der Waals surface area contributed by atoms with E-state index in [0.717, 1.165) is 23.9 Å². The molecule has 0 heterocycles.